The van der Waals surface area contributed by atoms with Gasteiger partial charge < -0.3 is 20.3 Å². The van der Waals surface area contributed by atoms with Crippen LogP contribution in [0.15, 0.2) is 29.3 Å². The molecule has 1 heterocycles. The Morgan fingerprint density at radius 1 is 1.27 bits per heavy atom. The summed E-state index contributed by atoms with van der Waals surface area (Å²) in [5.74, 6) is 0.664. The number of ether oxygens (including phenoxy) is 1. The first-order valence-electron chi connectivity index (χ1n) is 9.01. The Hall–Kier alpha value is -1.35. The summed E-state index contributed by atoms with van der Waals surface area (Å²) < 4.78 is 5.65. The first-order chi connectivity index (χ1) is 12.1. The summed E-state index contributed by atoms with van der Waals surface area (Å²) in [4.78, 5) is 18.1. The number of aliphatic imine (C=N–C) groups is 1. The average molecular weight is 474 g/mol. The number of halogens is 1. The molecular formula is C19H31IN4O2. The molecule has 0 bridgehead atoms. The van der Waals surface area contributed by atoms with Crippen LogP contribution in [0.25, 0.3) is 0 Å². The maximum Gasteiger partial charge on any atom is 0.241 e. The fourth-order valence-electron chi connectivity index (χ4n) is 2.73. The summed E-state index contributed by atoms with van der Waals surface area (Å²) in [7, 11) is 3.50. The molecule has 0 aliphatic carbocycles. The van der Waals surface area contributed by atoms with Crippen molar-refractivity contribution in [3.05, 3.63) is 35.4 Å². The van der Waals surface area contributed by atoms with Gasteiger partial charge >= 0.3 is 0 Å². The number of carbonyl (C=O) groups excluding carboxylic acids is 1. The average Bonchev–Trinajstić information content (AvgIpc) is 3.14. The molecule has 1 saturated heterocycles. The van der Waals surface area contributed by atoms with Gasteiger partial charge in [-0.3, -0.25) is 4.79 Å². The molecule has 1 atom stereocenters. The second-order valence-corrected chi connectivity index (χ2v) is 6.44. The van der Waals surface area contributed by atoms with E-state index in [0.29, 0.717) is 19.0 Å². The Morgan fingerprint density at radius 3 is 2.62 bits per heavy atom. The summed E-state index contributed by atoms with van der Waals surface area (Å²) in [6, 6.07) is 8.32. The lowest BCUT2D eigenvalue weighted by Crippen LogP contribution is -2.45. The first-order valence-corrected chi connectivity index (χ1v) is 9.01. The fraction of sp³-hybridized carbons (Fsp3) is 0.579. The van der Waals surface area contributed by atoms with Gasteiger partial charge in [0.1, 0.15) is 0 Å². The Balaban J connectivity index is 0.00000338. The summed E-state index contributed by atoms with van der Waals surface area (Å²) in [5, 5.41) is 6.43. The highest BCUT2D eigenvalue weighted by Gasteiger charge is 2.16. The van der Waals surface area contributed by atoms with E-state index in [9.17, 15) is 4.79 Å². The highest BCUT2D eigenvalue weighted by Crippen LogP contribution is 2.11. The molecule has 1 aliphatic heterocycles. The van der Waals surface area contributed by atoms with Gasteiger partial charge in [-0.15, -0.1) is 24.0 Å². The van der Waals surface area contributed by atoms with Crippen LogP contribution in [0.5, 0.6) is 0 Å². The Bertz CT molecular complexity index is 587. The largest absolute Gasteiger partial charge is 0.376 e. The monoisotopic (exact) mass is 474 g/mol. The van der Waals surface area contributed by atoms with E-state index in [0.717, 1.165) is 25.9 Å². The van der Waals surface area contributed by atoms with Crippen molar-refractivity contribution in [2.75, 3.05) is 33.8 Å². The van der Waals surface area contributed by atoms with Gasteiger partial charge in [-0.25, -0.2) is 4.99 Å². The van der Waals surface area contributed by atoms with Crippen LogP contribution in [0.1, 0.15) is 30.9 Å². The molecule has 1 unspecified atom stereocenters. The van der Waals surface area contributed by atoms with E-state index in [2.05, 4.69) is 40.7 Å². The number of nitrogens with zero attached hydrogens (tertiary/aromatic N) is 2. The van der Waals surface area contributed by atoms with E-state index < -0.39 is 0 Å². The molecule has 1 aromatic rings. The van der Waals surface area contributed by atoms with Gasteiger partial charge in [-0.05, 0) is 30.4 Å². The van der Waals surface area contributed by atoms with Crippen molar-refractivity contribution in [1.29, 1.82) is 0 Å². The number of nitrogens with one attached hydrogen (secondary N) is 2. The van der Waals surface area contributed by atoms with Crippen LogP contribution in [0.4, 0.5) is 0 Å². The Kier molecular flexibility index (Phi) is 10.6. The van der Waals surface area contributed by atoms with Gasteiger partial charge in [0, 0.05) is 27.2 Å². The summed E-state index contributed by atoms with van der Waals surface area (Å²) in [5.41, 5.74) is 2.51. The zero-order valence-electron chi connectivity index (χ0n) is 16.0. The van der Waals surface area contributed by atoms with Gasteiger partial charge in [0.15, 0.2) is 5.96 Å². The van der Waals surface area contributed by atoms with Crippen LogP contribution < -0.4 is 10.6 Å². The topological polar surface area (TPSA) is 66.0 Å². The van der Waals surface area contributed by atoms with E-state index in [-0.39, 0.29) is 42.5 Å². The first kappa shape index (κ1) is 22.7. The normalized spacial score (nSPS) is 16.7. The minimum atomic E-state index is 0. The summed E-state index contributed by atoms with van der Waals surface area (Å²) >= 11 is 0. The van der Waals surface area contributed by atoms with Gasteiger partial charge in [-0.2, -0.15) is 0 Å². The fourth-order valence-corrected chi connectivity index (χ4v) is 2.73. The second kappa shape index (κ2) is 12.1. The van der Waals surface area contributed by atoms with Crippen LogP contribution in [0, 0.1) is 0 Å². The molecule has 0 saturated carbocycles. The van der Waals surface area contributed by atoms with E-state index >= 15 is 0 Å². The van der Waals surface area contributed by atoms with Gasteiger partial charge in [0.25, 0.3) is 0 Å². The molecule has 0 spiro atoms. The molecule has 1 aromatic carbocycles. The highest BCUT2D eigenvalue weighted by molar-refractivity contribution is 14.0. The molecule has 2 rings (SSSR count). The van der Waals surface area contributed by atoms with Crippen LogP contribution in [-0.4, -0.2) is 56.7 Å². The zero-order chi connectivity index (χ0) is 18.1. The lowest BCUT2D eigenvalue weighted by molar-refractivity contribution is -0.127. The zero-order valence-corrected chi connectivity index (χ0v) is 18.3. The number of hydrogen-bond acceptors (Lipinski definition) is 3. The number of benzene rings is 1. The molecule has 6 nitrogen and oxygen atoms in total. The molecule has 1 fully saturated rings. The number of carbonyl (C=O) groups is 1. The van der Waals surface area contributed by atoms with Gasteiger partial charge in [0.2, 0.25) is 5.91 Å². The number of guanidine groups is 1. The van der Waals surface area contributed by atoms with E-state index in [1.807, 2.05) is 6.07 Å². The van der Waals surface area contributed by atoms with Crippen molar-refractivity contribution in [1.82, 2.24) is 15.5 Å². The molecular weight excluding hydrogens is 443 g/mol. The molecule has 146 valence electrons. The minimum absolute atomic E-state index is 0. The lowest BCUT2D eigenvalue weighted by atomic mass is 10.1. The maximum atomic E-state index is 11.8. The van der Waals surface area contributed by atoms with Crippen molar-refractivity contribution < 1.29 is 9.53 Å². The SMILES string of the molecule is CCc1ccccc1CN=C(NCC(=O)N(C)C)NCC1CCCO1.I. The standard InChI is InChI=1S/C19H30N4O2.HI/c1-4-15-8-5-6-9-16(15)12-20-19(22-14-18(24)23(2)3)21-13-17-10-7-11-25-17;/h5-6,8-9,17H,4,7,10-14H2,1-3H3,(H2,20,21,22);1H. The number of rotatable bonds is 7. The predicted octanol–water partition coefficient (Wildman–Crippen LogP) is 2.17. The third kappa shape index (κ3) is 7.49. The minimum Gasteiger partial charge on any atom is -0.376 e. The second-order valence-electron chi connectivity index (χ2n) is 6.44. The van der Waals surface area contributed by atoms with Crippen LogP contribution >= 0.6 is 24.0 Å². The maximum absolute atomic E-state index is 11.8. The summed E-state index contributed by atoms with van der Waals surface area (Å²) in [6.45, 7) is 4.49. The third-order valence-corrected chi connectivity index (χ3v) is 4.33. The molecule has 26 heavy (non-hydrogen) atoms. The van der Waals surface area contributed by atoms with Gasteiger partial charge in [0.05, 0.1) is 19.2 Å². The van der Waals surface area contributed by atoms with E-state index in [1.54, 1.807) is 19.0 Å². The molecule has 0 radical (unpaired) electrons. The van der Waals surface area contributed by atoms with Crippen LogP contribution in [-0.2, 0) is 22.5 Å². The molecule has 2 N–H and O–H groups in total. The molecule has 7 heteroatoms. The molecule has 1 amide bonds. The number of aryl methyl sites for hydroxylation is 1. The van der Waals surface area contributed by atoms with Crippen molar-refractivity contribution in [2.24, 2.45) is 4.99 Å². The quantitative estimate of drug-likeness (QED) is 0.361. The van der Waals surface area contributed by atoms with E-state index in [4.69, 9.17) is 4.74 Å². The van der Waals surface area contributed by atoms with Crippen molar-refractivity contribution in [2.45, 2.75) is 38.8 Å². The number of likely N-dealkylation sites (N-methyl/N-ethyl adjacent to an activating group) is 1. The Morgan fingerprint density at radius 2 is 2.00 bits per heavy atom. The number of amides is 1. The van der Waals surface area contributed by atoms with Crippen LogP contribution in [0.2, 0.25) is 0 Å². The molecule has 0 aromatic heterocycles. The van der Waals surface area contributed by atoms with Gasteiger partial charge in [-0.1, -0.05) is 31.2 Å². The smallest absolute Gasteiger partial charge is 0.241 e. The number of hydrogen-bond donors (Lipinski definition) is 2. The van der Waals surface area contributed by atoms with Crippen LogP contribution in [0.3, 0.4) is 0 Å². The lowest BCUT2D eigenvalue weighted by Gasteiger charge is -2.17. The molecule has 1 aliphatic rings. The van der Waals surface area contributed by atoms with Crippen molar-refractivity contribution >= 4 is 35.8 Å². The van der Waals surface area contributed by atoms with Crippen molar-refractivity contribution in [3.63, 3.8) is 0 Å². The van der Waals surface area contributed by atoms with Crippen molar-refractivity contribution in [3.8, 4) is 0 Å². The highest BCUT2D eigenvalue weighted by atomic mass is 127. The third-order valence-electron chi connectivity index (χ3n) is 4.33. The predicted molar refractivity (Wildman–Crippen MR) is 116 cm³/mol. The Labute approximate surface area is 173 Å². The van der Waals surface area contributed by atoms with E-state index in [1.165, 1.54) is 11.1 Å². The summed E-state index contributed by atoms with van der Waals surface area (Å²) in [6.07, 6.45) is 3.38.